The van der Waals surface area contributed by atoms with E-state index in [0.717, 1.165) is 23.9 Å². The third-order valence-electron chi connectivity index (χ3n) is 1.56. The SMILES string of the molecule is CCCCO/C(O)=C\C[N+](C)(C)C. The monoisotopic (exact) mass is 188 g/mol. The maximum atomic E-state index is 9.27. The lowest BCUT2D eigenvalue weighted by molar-refractivity contribution is -0.864. The van der Waals surface area contributed by atoms with Gasteiger partial charge in [0.25, 0.3) is 5.95 Å². The highest BCUT2D eigenvalue weighted by molar-refractivity contribution is 4.80. The van der Waals surface area contributed by atoms with Crippen molar-refractivity contribution in [3.05, 3.63) is 12.0 Å². The molecular weight excluding hydrogens is 166 g/mol. The fraction of sp³-hybridized carbons (Fsp3) is 0.800. The molecule has 0 atom stereocenters. The van der Waals surface area contributed by atoms with Crippen LogP contribution in [0.5, 0.6) is 0 Å². The zero-order valence-corrected chi connectivity index (χ0v) is 9.21. The van der Waals surface area contributed by atoms with Crippen molar-refractivity contribution >= 4 is 0 Å². The lowest BCUT2D eigenvalue weighted by atomic mass is 10.4. The second-order valence-electron chi connectivity index (χ2n) is 4.22. The van der Waals surface area contributed by atoms with Gasteiger partial charge in [0.05, 0.1) is 33.8 Å². The van der Waals surface area contributed by atoms with Crippen molar-refractivity contribution in [1.29, 1.82) is 0 Å². The van der Waals surface area contributed by atoms with E-state index in [0.29, 0.717) is 6.61 Å². The zero-order valence-electron chi connectivity index (χ0n) is 9.21. The summed E-state index contributed by atoms with van der Waals surface area (Å²) < 4.78 is 5.88. The Hall–Kier alpha value is -0.700. The molecule has 0 radical (unpaired) electrons. The van der Waals surface area contributed by atoms with Crippen LogP contribution in [0.4, 0.5) is 0 Å². The van der Waals surface area contributed by atoms with Gasteiger partial charge in [0, 0.05) is 0 Å². The van der Waals surface area contributed by atoms with Gasteiger partial charge in [-0.3, -0.25) is 0 Å². The topological polar surface area (TPSA) is 29.5 Å². The number of hydrogen-bond acceptors (Lipinski definition) is 2. The molecule has 0 fully saturated rings. The summed E-state index contributed by atoms with van der Waals surface area (Å²) in [5, 5.41) is 9.27. The highest BCUT2D eigenvalue weighted by Gasteiger charge is 2.04. The summed E-state index contributed by atoms with van der Waals surface area (Å²) in [5.41, 5.74) is 0. The molecule has 0 aliphatic carbocycles. The Balaban J connectivity index is 3.63. The Kier molecular flexibility index (Phi) is 5.55. The van der Waals surface area contributed by atoms with Gasteiger partial charge in [-0.15, -0.1) is 0 Å². The molecule has 0 aromatic carbocycles. The maximum absolute atomic E-state index is 9.27. The average molecular weight is 188 g/mol. The molecule has 0 aliphatic rings. The van der Waals surface area contributed by atoms with Crippen molar-refractivity contribution in [2.75, 3.05) is 34.3 Å². The van der Waals surface area contributed by atoms with Gasteiger partial charge in [0.15, 0.2) is 0 Å². The molecule has 1 N–H and O–H groups in total. The highest BCUT2D eigenvalue weighted by atomic mass is 16.6. The Morgan fingerprint density at radius 3 is 2.46 bits per heavy atom. The zero-order chi connectivity index (χ0) is 10.3. The van der Waals surface area contributed by atoms with Crippen LogP contribution in [0.2, 0.25) is 0 Å². The second-order valence-corrected chi connectivity index (χ2v) is 4.22. The van der Waals surface area contributed by atoms with Gasteiger partial charge in [0.1, 0.15) is 6.54 Å². The molecule has 0 unspecified atom stereocenters. The third kappa shape index (κ3) is 9.21. The van der Waals surface area contributed by atoms with Crippen molar-refractivity contribution in [1.82, 2.24) is 0 Å². The number of likely N-dealkylation sites (N-methyl/N-ethyl adjacent to an activating group) is 1. The molecule has 0 saturated carbocycles. The van der Waals surface area contributed by atoms with E-state index in [1.807, 2.05) is 0 Å². The molecule has 13 heavy (non-hydrogen) atoms. The van der Waals surface area contributed by atoms with Crippen LogP contribution in [-0.4, -0.2) is 43.9 Å². The first kappa shape index (κ1) is 12.3. The Morgan fingerprint density at radius 2 is 2.00 bits per heavy atom. The van der Waals surface area contributed by atoms with Crippen LogP contribution in [0.15, 0.2) is 12.0 Å². The van der Waals surface area contributed by atoms with Crippen LogP contribution in [0.3, 0.4) is 0 Å². The molecule has 0 amide bonds. The van der Waals surface area contributed by atoms with E-state index < -0.39 is 0 Å². The summed E-state index contributed by atoms with van der Waals surface area (Å²) >= 11 is 0. The Labute approximate surface area is 81.2 Å². The molecule has 0 spiro atoms. The third-order valence-corrected chi connectivity index (χ3v) is 1.56. The quantitative estimate of drug-likeness (QED) is 0.392. The molecule has 0 aliphatic heterocycles. The van der Waals surface area contributed by atoms with Crippen molar-refractivity contribution < 1.29 is 14.3 Å². The van der Waals surface area contributed by atoms with Gasteiger partial charge < -0.3 is 14.3 Å². The van der Waals surface area contributed by atoms with E-state index in [4.69, 9.17) is 4.74 Å². The van der Waals surface area contributed by atoms with Gasteiger partial charge in [0.2, 0.25) is 0 Å². The minimum Gasteiger partial charge on any atom is -0.481 e. The normalized spacial score (nSPS) is 13.1. The molecule has 0 saturated heterocycles. The Morgan fingerprint density at radius 1 is 1.38 bits per heavy atom. The number of aliphatic hydroxyl groups is 1. The lowest BCUT2D eigenvalue weighted by Gasteiger charge is -2.21. The van der Waals surface area contributed by atoms with Crippen molar-refractivity contribution in [3.63, 3.8) is 0 Å². The highest BCUT2D eigenvalue weighted by Crippen LogP contribution is 1.98. The minimum absolute atomic E-state index is 0.0569. The van der Waals surface area contributed by atoms with Crippen LogP contribution in [-0.2, 0) is 4.74 Å². The van der Waals surface area contributed by atoms with Crippen LogP contribution < -0.4 is 0 Å². The molecule has 0 aromatic rings. The molecule has 0 bridgehead atoms. The fourth-order valence-electron chi connectivity index (χ4n) is 0.732. The molecule has 3 nitrogen and oxygen atoms in total. The van der Waals surface area contributed by atoms with Gasteiger partial charge in [-0.2, -0.15) is 0 Å². The number of hydrogen-bond donors (Lipinski definition) is 1. The summed E-state index contributed by atoms with van der Waals surface area (Å²) in [6.45, 7) is 3.48. The number of ether oxygens (including phenoxy) is 1. The summed E-state index contributed by atoms with van der Waals surface area (Å²) in [6, 6.07) is 0. The van der Waals surface area contributed by atoms with Crippen molar-refractivity contribution in [2.24, 2.45) is 0 Å². The lowest BCUT2D eigenvalue weighted by Crippen LogP contribution is -2.34. The standard InChI is InChI=1S/C10H21NO2/c1-5-6-9-13-10(12)7-8-11(2,3)4/h7H,5-6,8-9H2,1-4H3/p+1/b10-7-. The van der Waals surface area contributed by atoms with E-state index in [9.17, 15) is 5.11 Å². The van der Waals surface area contributed by atoms with Crippen LogP contribution in [0.1, 0.15) is 19.8 Å². The first-order valence-electron chi connectivity index (χ1n) is 4.78. The summed E-state index contributed by atoms with van der Waals surface area (Å²) in [6.07, 6.45) is 3.79. The Bertz CT molecular complexity index is 159. The minimum atomic E-state index is 0.0569. The molecule has 3 heteroatoms. The summed E-state index contributed by atoms with van der Waals surface area (Å²) in [4.78, 5) is 0. The smallest absolute Gasteiger partial charge is 0.278 e. The van der Waals surface area contributed by atoms with Crippen molar-refractivity contribution in [3.8, 4) is 0 Å². The predicted molar refractivity (Wildman–Crippen MR) is 54.5 cm³/mol. The maximum Gasteiger partial charge on any atom is 0.278 e. The molecule has 78 valence electrons. The second kappa shape index (κ2) is 5.86. The van der Waals surface area contributed by atoms with Gasteiger partial charge in [-0.1, -0.05) is 13.3 Å². The first-order valence-corrected chi connectivity index (χ1v) is 4.78. The molecule has 0 rings (SSSR count). The average Bonchev–Trinajstić information content (AvgIpc) is 2.00. The van der Waals surface area contributed by atoms with Crippen LogP contribution >= 0.6 is 0 Å². The van der Waals surface area contributed by atoms with Crippen LogP contribution in [0.25, 0.3) is 0 Å². The largest absolute Gasteiger partial charge is 0.481 e. The summed E-state index contributed by atoms with van der Waals surface area (Å²) in [7, 11) is 6.20. The molecule has 0 heterocycles. The van der Waals surface area contributed by atoms with E-state index in [-0.39, 0.29) is 5.95 Å². The van der Waals surface area contributed by atoms with Crippen LogP contribution in [0, 0.1) is 0 Å². The first-order chi connectivity index (χ1) is 5.95. The van der Waals surface area contributed by atoms with E-state index >= 15 is 0 Å². The van der Waals surface area contributed by atoms with E-state index in [1.54, 1.807) is 6.08 Å². The molecular formula is C10H22NO2+. The van der Waals surface area contributed by atoms with Gasteiger partial charge in [-0.05, 0) is 6.42 Å². The number of quaternary nitrogens is 1. The number of rotatable bonds is 6. The van der Waals surface area contributed by atoms with E-state index in [2.05, 4.69) is 28.1 Å². The fourth-order valence-corrected chi connectivity index (χ4v) is 0.732. The number of aliphatic hydroxyl groups excluding tert-OH is 1. The molecule has 0 aromatic heterocycles. The van der Waals surface area contributed by atoms with Crippen molar-refractivity contribution in [2.45, 2.75) is 19.8 Å². The van der Waals surface area contributed by atoms with E-state index in [1.165, 1.54) is 0 Å². The van der Waals surface area contributed by atoms with Gasteiger partial charge >= 0.3 is 0 Å². The van der Waals surface area contributed by atoms with Gasteiger partial charge in [-0.25, -0.2) is 0 Å². The number of unbranched alkanes of at least 4 members (excludes halogenated alkanes) is 1. The summed E-state index contributed by atoms with van der Waals surface area (Å²) in [5.74, 6) is 0.0569. The number of nitrogens with zero attached hydrogens (tertiary/aromatic N) is 1. The predicted octanol–water partition coefficient (Wildman–Crippen LogP) is 1.91.